The molecule has 1 heterocycles. The van der Waals surface area contributed by atoms with Gasteiger partial charge in [-0.1, -0.05) is 6.92 Å². The highest BCUT2D eigenvalue weighted by molar-refractivity contribution is 6.08. The second kappa shape index (κ2) is 5.34. The number of anilines is 1. The molecule has 0 radical (unpaired) electrons. The summed E-state index contributed by atoms with van der Waals surface area (Å²) in [5, 5.41) is 2.34. The second-order valence-corrected chi connectivity index (χ2v) is 4.68. The van der Waals surface area contributed by atoms with Crippen LogP contribution >= 0.6 is 0 Å². The van der Waals surface area contributed by atoms with E-state index in [0.717, 1.165) is 0 Å². The number of piperazine rings is 1. The number of nitrogens with zero attached hydrogens (tertiary/aromatic N) is 1. The molecule has 1 fully saturated rings. The minimum atomic E-state index is -1.71. The van der Waals surface area contributed by atoms with Gasteiger partial charge in [-0.3, -0.25) is 14.5 Å². The van der Waals surface area contributed by atoms with E-state index in [2.05, 4.69) is 5.32 Å². The molecule has 21 heavy (non-hydrogen) atoms. The summed E-state index contributed by atoms with van der Waals surface area (Å²) in [6, 6.07) is -2.24. The van der Waals surface area contributed by atoms with E-state index in [1.165, 1.54) is 13.8 Å². The van der Waals surface area contributed by atoms with Gasteiger partial charge in [0, 0.05) is 6.07 Å². The molecular weight excluding hydrogens is 292 g/mol. The van der Waals surface area contributed by atoms with Gasteiger partial charge in [-0.15, -0.1) is 0 Å². The lowest BCUT2D eigenvalue weighted by atomic mass is 10.0. The first-order valence-electron chi connectivity index (χ1n) is 6.26. The van der Waals surface area contributed by atoms with E-state index in [-0.39, 0.29) is 12.5 Å². The lowest BCUT2D eigenvalue weighted by molar-refractivity contribution is -0.133. The number of nitrogens with one attached hydrogen (secondary N) is 1. The Morgan fingerprint density at radius 1 is 1.14 bits per heavy atom. The maximum Gasteiger partial charge on any atom is 0.250 e. The van der Waals surface area contributed by atoms with Gasteiger partial charge in [-0.2, -0.15) is 0 Å². The molecule has 2 unspecified atom stereocenters. The lowest BCUT2D eigenvalue weighted by Crippen LogP contribution is -2.63. The Labute approximate surface area is 117 Å². The van der Waals surface area contributed by atoms with E-state index in [0.29, 0.717) is 4.90 Å². The van der Waals surface area contributed by atoms with Crippen LogP contribution in [0.5, 0.6) is 0 Å². The molecular formula is C13H12F4N2O2. The summed E-state index contributed by atoms with van der Waals surface area (Å²) in [4.78, 5) is 24.4. The lowest BCUT2D eigenvalue weighted by Gasteiger charge is -2.37. The van der Waals surface area contributed by atoms with E-state index < -0.39 is 52.9 Å². The molecule has 2 atom stereocenters. The Kier molecular flexibility index (Phi) is 3.89. The number of carbonyl (C=O) groups excluding carboxylic acids is 2. The number of amides is 2. The van der Waals surface area contributed by atoms with Crippen molar-refractivity contribution in [2.24, 2.45) is 0 Å². The number of benzene rings is 1. The van der Waals surface area contributed by atoms with Crippen LogP contribution < -0.4 is 10.2 Å². The number of rotatable bonds is 2. The molecule has 0 aliphatic carbocycles. The van der Waals surface area contributed by atoms with Crippen molar-refractivity contribution >= 4 is 17.5 Å². The van der Waals surface area contributed by atoms with Crippen molar-refractivity contribution in [1.82, 2.24) is 5.32 Å². The monoisotopic (exact) mass is 304 g/mol. The van der Waals surface area contributed by atoms with Crippen LogP contribution in [0.4, 0.5) is 23.2 Å². The molecule has 1 N–H and O–H groups in total. The normalized spacial score (nSPS) is 22.5. The number of halogens is 4. The van der Waals surface area contributed by atoms with Gasteiger partial charge in [0.25, 0.3) is 0 Å². The zero-order valence-corrected chi connectivity index (χ0v) is 11.2. The highest BCUT2D eigenvalue weighted by Crippen LogP contribution is 2.31. The Morgan fingerprint density at radius 2 is 1.67 bits per heavy atom. The highest BCUT2D eigenvalue weighted by Gasteiger charge is 2.42. The average Bonchev–Trinajstić information content (AvgIpc) is 2.42. The maximum absolute atomic E-state index is 13.9. The number of carbonyl (C=O) groups is 2. The molecule has 2 amide bonds. The summed E-state index contributed by atoms with van der Waals surface area (Å²) in [7, 11) is 0. The topological polar surface area (TPSA) is 49.4 Å². The first kappa shape index (κ1) is 15.3. The van der Waals surface area contributed by atoms with Gasteiger partial charge in [-0.05, 0) is 13.3 Å². The summed E-state index contributed by atoms with van der Waals surface area (Å²) in [6.45, 7) is 2.82. The van der Waals surface area contributed by atoms with Crippen LogP contribution in [0.25, 0.3) is 0 Å². The molecule has 8 heteroatoms. The van der Waals surface area contributed by atoms with Crippen molar-refractivity contribution in [2.45, 2.75) is 32.4 Å². The van der Waals surface area contributed by atoms with E-state index >= 15 is 0 Å². The quantitative estimate of drug-likeness (QED) is 0.670. The van der Waals surface area contributed by atoms with Crippen LogP contribution in [0, 0.1) is 23.3 Å². The minimum Gasteiger partial charge on any atom is -0.343 e. The van der Waals surface area contributed by atoms with E-state index in [1.807, 2.05) is 0 Å². The summed E-state index contributed by atoms with van der Waals surface area (Å²) < 4.78 is 54.3. The molecule has 0 spiro atoms. The van der Waals surface area contributed by atoms with Gasteiger partial charge in [0.1, 0.15) is 17.8 Å². The van der Waals surface area contributed by atoms with Crippen molar-refractivity contribution in [3.8, 4) is 0 Å². The van der Waals surface area contributed by atoms with Gasteiger partial charge >= 0.3 is 0 Å². The van der Waals surface area contributed by atoms with Gasteiger partial charge < -0.3 is 5.32 Å². The smallest absolute Gasteiger partial charge is 0.250 e. The predicted molar refractivity (Wildman–Crippen MR) is 65.4 cm³/mol. The second-order valence-electron chi connectivity index (χ2n) is 4.68. The third-order valence-electron chi connectivity index (χ3n) is 3.30. The first-order valence-corrected chi connectivity index (χ1v) is 6.26. The largest absolute Gasteiger partial charge is 0.343 e. The number of hydrogen-bond acceptors (Lipinski definition) is 2. The SMILES string of the molecule is CCC1C(=O)NC(C)C(=O)N1c1c(F)c(F)cc(F)c1F. The summed E-state index contributed by atoms with van der Waals surface area (Å²) in [5.41, 5.74) is -1.17. The van der Waals surface area contributed by atoms with Gasteiger partial charge in [-0.25, -0.2) is 17.6 Å². The Bertz CT molecular complexity index is 594. The van der Waals surface area contributed by atoms with Gasteiger partial charge in [0.15, 0.2) is 23.3 Å². The summed E-state index contributed by atoms with van der Waals surface area (Å²) in [5.74, 6) is -8.17. The zero-order valence-electron chi connectivity index (χ0n) is 11.2. The molecule has 2 rings (SSSR count). The maximum atomic E-state index is 13.9. The fourth-order valence-corrected chi connectivity index (χ4v) is 2.26. The molecule has 0 aromatic heterocycles. The van der Waals surface area contributed by atoms with Crippen LogP contribution in [0.15, 0.2) is 6.07 Å². The Balaban J connectivity index is 2.67. The van der Waals surface area contributed by atoms with Gasteiger partial charge in [0.2, 0.25) is 11.8 Å². The molecule has 1 aliphatic heterocycles. The summed E-state index contributed by atoms with van der Waals surface area (Å²) in [6.07, 6.45) is 0.0291. The minimum absolute atomic E-state index is 0.0291. The molecule has 4 nitrogen and oxygen atoms in total. The molecule has 1 aromatic rings. The summed E-state index contributed by atoms with van der Waals surface area (Å²) >= 11 is 0. The van der Waals surface area contributed by atoms with Crippen molar-refractivity contribution in [3.63, 3.8) is 0 Å². The third-order valence-corrected chi connectivity index (χ3v) is 3.30. The Hall–Kier alpha value is -2.12. The molecule has 0 saturated carbocycles. The molecule has 114 valence electrons. The van der Waals surface area contributed by atoms with E-state index in [9.17, 15) is 27.2 Å². The standard InChI is InChI=1S/C13H12F4N2O2/c1-3-8-12(20)18-5(2)13(21)19(8)11-9(16)6(14)4-7(15)10(11)17/h4-5,8H,3H2,1-2H3,(H,18,20). The highest BCUT2D eigenvalue weighted by atomic mass is 19.2. The zero-order chi connectivity index (χ0) is 15.9. The van der Waals surface area contributed by atoms with Crippen LogP contribution in [0.2, 0.25) is 0 Å². The third kappa shape index (κ3) is 2.34. The first-order chi connectivity index (χ1) is 9.79. The number of hydrogen-bond donors (Lipinski definition) is 1. The fourth-order valence-electron chi connectivity index (χ4n) is 2.26. The average molecular weight is 304 g/mol. The molecule has 1 saturated heterocycles. The molecule has 1 aromatic carbocycles. The van der Waals surface area contributed by atoms with E-state index in [4.69, 9.17) is 0 Å². The predicted octanol–water partition coefficient (Wildman–Crippen LogP) is 1.87. The van der Waals surface area contributed by atoms with Crippen LogP contribution in [0.3, 0.4) is 0 Å². The molecule has 0 bridgehead atoms. The van der Waals surface area contributed by atoms with Gasteiger partial charge in [0.05, 0.1) is 0 Å². The van der Waals surface area contributed by atoms with Crippen molar-refractivity contribution in [2.75, 3.05) is 4.90 Å². The van der Waals surface area contributed by atoms with Crippen LogP contribution in [-0.4, -0.2) is 23.9 Å². The molecule has 1 aliphatic rings. The fraction of sp³-hybridized carbons (Fsp3) is 0.385. The van der Waals surface area contributed by atoms with Crippen molar-refractivity contribution in [1.29, 1.82) is 0 Å². The van der Waals surface area contributed by atoms with Crippen LogP contribution in [-0.2, 0) is 9.59 Å². The van der Waals surface area contributed by atoms with Crippen molar-refractivity contribution < 1.29 is 27.2 Å². The van der Waals surface area contributed by atoms with Crippen molar-refractivity contribution in [3.05, 3.63) is 29.3 Å². The Morgan fingerprint density at radius 3 is 2.14 bits per heavy atom. The van der Waals surface area contributed by atoms with E-state index in [1.54, 1.807) is 0 Å². The van der Waals surface area contributed by atoms with Crippen LogP contribution in [0.1, 0.15) is 20.3 Å².